The summed E-state index contributed by atoms with van der Waals surface area (Å²) in [4.78, 5) is 16.2. The topological polar surface area (TPSA) is 54.0 Å². The van der Waals surface area contributed by atoms with E-state index in [0.717, 1.165) is 12.2 Å². The minimum Gasteiger partial charge on any atom is -0.380 e. The van der Waals surface area contributed by atoms with Crippen LogP contribution in [0, 0.1) is 6.92 Å². The summed E-state index contributed by atoms with van der Waals surface area (Å²) >= 11 is 0. The molecule has 2 N–H and O–H groups in total. The number of carbonyl (C=O) groups is 1. The number of aromatic nitrogens is 1. The number of hydrogen-bond donors (Lipinski definition) is 2. The average Bonchev–Trinajstić information content (AvgIpc) is 2.44. The van der Waals surface area contributed by atoms with E-state index in [1.807, 2.05) is 32.9 Å². The fourth-order valence-electron chi connectivity index (χ4n) is 2.06. The minimum atomic E-state index is -0.263. The first-order chi connectivity index (χ1) is 10.3. The molecule has 0 atom stereocenters. The van der Waals surface area contributed by atoms with Crippen LogP contribution in [-0.2, 0) is 6.54 Å². The van der Waals surface area contributed by atoms with Crippen LogP contribution >= 0.6 is 0 Å². The molecule has 4 heteroatoms. The number of hydrogen-bond acceptors (Lipinski definition) is 3. The summed E-state index contributed by atoms with van der Waals surface area (Å²) in [6, 6.07) is 12.0. The predicted octanol–water partition coefficient (Wildman–Crippen LogP) is 3.53. The molecule has 0 bridgehead atoms. The number of carbonyl (C=O) groups excluding carboxylic acids is 1. The highest BCUT2D eigenvalue weighted by Gasteiger charge is 2.15. The van der Waals surface area contributed by atoms with Crippen LogP contribution in [0.15, 0.2) is 42.6 Å². The van der Waals surface area contributed by atoms with Crippen LogP contribution in [-0.4, -0.2) is 16.4 Å². The first kappa shape index (κ1) is 16.0. The number of nitrogens with one attached hydrogen (secondary N) is 2. The zero-order valence-electron chi connectivity index (χ0n) is 13.6. The van der Waals surface area contributed by atoms with E-state index in [1.165, 1.54) is 11.1 Å². The van der Waals surface area contributed by atoms with Crippen molar-refractivity contribution in [2.24, 2.45) is 0 Å². The van der Waals surface area contributed by atoms with Crippen molar-refractivity contribution in [3.05, 3.63) is 59.4 Å². The van der Waals surface area contributed by atoms with Crippen molar-refractivity contribution in [3.63, 3.8) is 0 Å². The van der Waals surface area contributed by atoms with Gasteiger partial charge in [-0.2, -0.15) is 0 Å². The number of benzene rings is 1. The molecule has 1 heterocycles. The number of anilines is 1. The zero-order chi connectivity index (χ0) is 16.2. The van der Waals surface area contributed by atoms with Crippen molar-refractivity contribution in [2.45, 2.75) is 39.8 Å². The van der Waals surface area contributed by atoms with Crippen molar-refractivity contribution < 1.29 is 4.79 Å². The maximum atomic E-state index is 12.0. The SMILES string of the molecule is Cc1cccc(CNc2ccc(C(=O)NC(C)(C)C)nc2)c1. The maximum Gasteiger partial charge on any atom is 0.270 e. The first-order valence-corrected chi connectivity index (χ1v) is 7.41. The van der Waals surface area contributed by atoms with Gasteiger partial charge in [0.05, 0.1) is 11.9 Å². The van der Waals surface area contributed by atoms with Crippen LogP contribution in [0.3, 0.4) is 0 Å². The van der Waals surface area contributed by atoms with Crippen molar-refractivity contribution in [3.8, 4) is 0 Å². The normalized spacial score (nSPS) is 11.1. The van der Waals surface area contributed by atoms with E-state index in [2.05, 4.69) is 40.7 Å². The van der Waals surface area contributed by atoms with E-state index in [4.69, 9.17) is 0 Å². The summed E-state index contributed by atoms with van der Waals surface area (Å²) in [5.74, 6) is -0.155. The largest absolute Gasteiger partial charge is 0.380 e. The molecule has 0 spiro atoms. The monoisotopic (exact) mass is 297 g/mol. The standard InChI is InChI=1S/C18H23N3O/c1-13-6-5-7-14(10-13)11-19-15-8-9-16(20-12-15)17(22)21-18(2,3)4/h5-10,12,19H,11H2,1-4H3,(H,21,22). The third kappa shape index (κ3) is 4.88. The lowest BCUT2D eigenvalue weighted by atomic mass is 10.1. The van der Waals surface area contributed by atoms with E-state index in [0.29, 0.717) is 5.69 Å². The summed E-state index contributed by atoms with van der Waals surface area (Å²) in [5, 5.41) is 6.21. The highest BCUT2D eigenvalue weighted by molar-refractivity contribution is 5.92. The molecular formula is C18H23N3O. The molecule has 4 nitrogen and oxygen atoms in total. The second-order valence-electron chi connectivity index (χ2n) is 6.48. The molecule has 0 saturated heterocycles. The van der Waals surface area contributed by atoms with E-state index in [1.54, 1.807) is 12.3 Å². The fraction of sp³-hybridized carbons (Fsp3) is 0.333. The van der Waals surface area contributed by atoms with E-state index in [9.17, 15) is 4.79 Å². The first-order valence-electron chi connectivity index (χ1n) is 7.41. The van der Waals surface area contributed by atoms with Crippen LogP contribution in [0.4, 0.5) is 5.69 Å². The number of rotatable bonds is 4. The second-order valence-corrected chi connectivity index (χ2v) is 6.48. The molecule has 0 aliphatic rings. The third-order valence-electron chi connectivity index (χ3n) is 3.06. The summed E-state index contributed by atoms with van der Waals surface area (Å²) in [6.07, 6.45) is 1.69. The van der Waals surface area contributed by atoms with Gasteiger partial charge in [0.2, 0.25) is 0 Å². The summed E-state index contributed by atoms with van der Waals surface area (Å²) in [7, 11) is 0. The van der Waals surface area contributed by atoms with Crippen LogP contribution in [0.25, 0.3) is 0 Å². The van der Waals surface area contributed by atoms with Gasteiger partial charge in [0, 0.05) is 12.1 Å². The molecule has 0 radical (unpaired) electrons. The van der Waals surface area contributed by atoms with Crippen LogP contribution in [0.2, 0.25) is 0 Å². The van der Waals surface area contributed by atoms with Crippen LogP contribution in [0.5, 0.6) is 0 Å². The molecular weight excluding hydrogens is 274 g/mol. The number of pyridine rings is 1. The van der Waals surface area contributed by atoms with Gasteiger partial charge in [-0.15, -0.1) is 0 Å². The predicted molar refractivity (Wildman–Crippen MR) is 90.0 cm³/mol. The molecule has 116 valence electrons. The maximum absolute atomic E-state index is 12.0. The number of aryl methyl sites for hydroxylation is 1. The molecule has 0 aliphatic heterocycles. The van der Waals surface area contributed by atoms with Crippen molar-refractivity contribution in [1.29, 1.82) is 0 Å². The van der Waals surface area contributed by atoms with E-state index >= 15 is 0 Å². The lowest BCUT2D eigenvalue weighted by molar-refractivity contribution is 0.0914. The molecule has 0 fully saturated rings. The summed E-state index contributed by atoms with van der Waals surface area (Å²) in [5.41, 5.74) is 3.52. The Bertz CT molecular complexity index is 642. The van der Waals surface area contributed by atoms with Gasteiger partial charge in [0.15, 0.2) is 0 Å². The van der Waals surface area contributed by atoms with E-state index in [-0.39, 0.29) is 11.4 Å². The number of nitrogens with zero attached hydrogens (tertiary/aromatic N) is 1. The Balaban J connectivity index is 1.96. The van der Waals surface area contributed by atoms with Gasteiger partial charge in [-0.3, -0.25) is 4.79 Å². The molecule has 2 rings (SSSR count). The molecule has 0 saturated carbocycles. The Kier molecular flexibility index (Phi) is 4.81. The Morgan fingerprint density at radius 3 is 2.55 bits per heavy atom. The Morgan fingerprint density at radius 1 is 1.18 bits per heavy atom. The quantitative estimate of drug-likeness (QED) is 0.907. The lowest BCUT2D eigenvalue weighted by Gasteiger charge is -2.20. The van der Waals surface area contributed by atoms with Crippen molar-refractivity contribution in [1.82, 2.24) is 10.3 Å². The van der Waals surface area contributed by atoms with Crippen LogP contribution in [0.1, 0.15) is 42.4 Å². The molecule has 0 aliphatic carbocycles. The third-order valence-corrected chi connectivity index (χ3v) is 3.06. The zero-order valence-corrected chi connectivity index (χ0v) is 13.6. The Labute approximate surface area is 132 Å². The molecule has 0 unspecified atom stereocenters. The second kappa shape index (κ2) is 6.60. The summed E-state index contributed by atoms with van der Waals surface area (Å²) in [6.45, 7) is 8.65. The minimum absolute atomic E-state index is 0.155. The highest BCUT2D eigenvalue weighted by Crippen LogP contribution is 2.11. The fourth-order valence-corrected chi connectivity index (χ4v) is 2.06. The van der Waals surface area contributed by atoms with Gasteiger partial charge in [-0.05, 0) is 45.4 Å². The smallest absolute Gasteiger partial charge is 0.270 e. The molecule has 1 amide bonds. The Morgan fingerprint density at radius 2 is 1.95 bits per heavy atom. The van der Waals surface area contributed by atoms with E-state index < -0.39 is 0 Å². The van der Waals surface area contributed by atoms with Crippen molar-refractivity contribution >= 4 is 11.6 Å². The van der Waals surface area contributed by atoms with Gasteiger partial charge in [0.25, 0.3) is 5.91 Å². The highest BCUT2D eigenvalue weighted by atomic mass is 16.2. The Hall–Kier alpha value is -2.36. The van der Waals surface area contributed by atoms with Gasteiger partial charge in [-0.1, -0.05) is 29.8 Å². The lowest BCUT2D eigenvalue weighted by Crippen LogP contribution is -2.40. The molecule has 1 aromatic heterocycles. The molecule has 1 aromatic carbocycles. The van der Waals surface area contributed by atoms with Gasteiger partial charge in [0.1, 0.15) is 5.69 Å². The molecule has 22 heavy (non-hydrogen) atoms. The summed E-state index contributed by atoms with van der Waals surface area (Å²) < 4.78 is 0. The number of amides is 1. The van der Waals surface area contributed by atoms with Gasteiger partial charge < -0.3 is 10.6 Å². The van der Waals surface area contributed by atoms with Crippen molar-refractivity contribution in [2.75, 3.05) is 5.32 Å². The van der Waals surface area contributed by atoms with Crippen LogP contribution < -0.4 is 10.6 Å². The molecule has 2 aromatic rings. The average molecular weight is 297 g/mol. The van der Waals surface area contributed by atoms with Gasteiger partial charge in [-0.25, -0.2) is 4.98 Å². The van der Waals surface area contributed by atoms with Gasteiger partial charge >= 0.3 is 0 Å².